The Morgan fingerprint density at radius 3 is 2.81 bits per heavy atom. The number of nitrogens with one attached hydrogen (secondary N) is 1. The van der Waals surface area contributed by atoms with E-state index in [2.05, 4.69) is 10.3 Å². The molecule has 5 nitrogen and oxygen atoms in total. The molecule has 0 aromatic carbocycles. The van der Waals surface area contributed by atoms with Crippen molar-refractivity contribution < 1.29 is 14.7 Å². The fourth-order valence-corrected chi connectivity index (χ4v) is 1.43. The monoisotopic (exact) mass is 242 g/mol. The first kappa shape index (κ1) is 12.4. The lowest BCUT2D eigenvalue weighted by Gasteiger charge is -2.13. The van der Waals surface area contributed by atoms with Crippen LogP contribution < -0.4 is 5.32 Å². The number of hydrogen-bond acceptors (Lipinski definition) is 3. The second-order valence-electron chi connectivity index (χ2n) is 3.26. The van der Waals surface area contributed by atoms with Gasteiger partial charge in [-0.05, 0) is 11.6 Å². The van der Waals surface area contributed by atoms with E-state index in [1.807, 2.05) is 0 Å². The van der Waals surface area contributed by atoms with E-state index in [0.717, 1.165) is 0 Å². The normalized spacial score (nSPS) is 11.9. The van der Waals surface area contributed by atoms with Crippen LogP contribution in [-0.4, -0.2) is 28.0 Å². The number of hydrogen-bond donors (Lipinski definition) is 2. The van der Waals surface area contributed by atoms with E-state index in [4.69, 9.17) is 16.7 Å². The summed E-state index contributed by atoms with van der Waals surface area (Å²) in [4.78, 5) is 25.5. The van der Waals surface area contributed by atoms with Crippen molar-refractivity contribution in [1.82, 2.24) is 10.3 Å². The van der Waals surface area contributed by atoms with Crippen molar-refractivity contribution in [1.29, 1.82) is 0 Å². The van der Waals surface area contributed by atoms with E-state index in [1.54, 1.807) is 6.07 Å². The molecular weight excluding hydrogens is 232 g/mol. The van der Waals surface area contributed by atoms with Gasteiger partial charge in [0, 0.05) is 25.7 Å². The number of aromatic nitrogens is 1. The largest absolute Gasteiger partial charge is 0.480 e. The molecule has 0 aliphatic rings. The molecule has 0 radical (unpaired) electrons. The number of aliphatic carboxylic acids is 1. The molecule has 0 fully saturated rings. The molecule has 16 heavy (non-hydrogen) atoms. The molecule has 0 saturated heterocycles. The van der Waals surface area contributed by atoms with Crippen molar-refractivity contribution in [3.05, 3.63) is 29.0 Å². The van der Waals surface area contributed by atoms with Crippen LogP contribution in [0, 0.1) is 0 Å². The van der Waals surface area contributed by atoms with Gasteiger partial charge in [-0.25, -0.2) is 4.79 Å². The van der Waals surface area contributed by atoms with Crippen LogP contribution in [0.5, 0.6) is 0 Å². The van der Waals surface area contributed by atoms with Crippen molar-refractivity contribution in [3.63, 3.8) is 0 Å². The molecule has 0 spiro atoms. The Labute approximate surface area is 97.4 Å². The molecule has 1 heterocycles. The highest BCUT2D eigenvalue weighted by molar-refractivity contribution is 6.31. The summed E-state index contributed by atoms with van der Waals surface area (Å²) >= 11 is 5.84. The number of carboxylic acids is 1. The van der Waals surface area contributed by atoms with Crippen LogP contribution in [0.1, 0.15) is 12.5 Å². The van der Waals surface area contributed by atoms with Gasteiger partial charge < -0.3 is 10.4 Å². The van der Waals surface area contributed by atoms with E-state index >= 15 is 0 Å². The fourth-order valence-electron chi connectivity index (χ4n) is 1.23. The summed E-state index contributed by atoms with van der Waals surface area (Å²) in [6, 6.07) is 0.650. The first-order chi connectivity index (χ1) is 7.50. The summed E-state index contributed by atoms with van der Waals surface area (Å²) in [7, 11) is 0. The smallest absolute Gasteiger partial charge is 0.326 e. The summed E-state index contributed by atoms with van der Waals surface area (Å²) in [5.74, 6) is -1.49. The van der Waals surface area contributed by atoms with Gasteiger partial charge in [0.1, 0.15) is 6.04 Å². The summed E-state index contributed by atoms with van der Waals surface area (Å²) in [6.07, 6.45) is 3.09. The molecule has 0 bridgehead atoms. The molecule has 1 aromatic rings. The lowest BCUT2D eigenvalue weighted by molar-refractivity contribution is -0.141. The van der Waals surface area contributed by atoms with Gasteiger partial charge >= 0.3 is 5.97 Å². The number of carboxylic acid groups (broad SMARTS) is 1. The van der Waals surface area contributed by atoms with Gasteiger partial charge in [0.2, 0.25) is 5.91 Å². The predicted octanol–water partition coefficient (Wildman–Crippen LogP) is 0.867. The molecule has 0 aliphatic carbocycles. The highest BCUT2D eigenvalue weighted by Gasteiger charge is 2.19. The van der Waals surface area contributed by atoms with E-state index in [1.165, 1.54) is 19.3 Å². The molecule has 0 saturated carbocycles. The molecule has 1 atom stereocenters. The van der Waals surface area contributed by atoms with Crippen LogP contribution in [0.25, 0.3) is 0 Å². The zero-order valence-electron chi connectivity index (χ0n) is 8.61. The first-order valence-electron chi connectivity index (χ1n) is 4.59. The molecule has 1 aromatic heterocycles. The molecule has 1 unspecified atom stereocenters. The maximum absolute atomic E-state index is 10.9. The summed E-state index contributed by atoms with van der Waals surface area (Å²) in [6.45, 7) is 1.27. The molecule has 6 heteroatoms. The molecule has 1 amide bonds. The number of carbonyl (C=O) groups excluding carboxylic acids is 1. The van der Waals surface area contributed by atoms with Gasteiger partial charge in [0.15, 0.2) is 0 Å². The summed E-state index contributed by atoms with van der Waals surface area (Å²) in [5.41, 5.74) is 0.637. The molecule has 86 valence electrons. The third kappa shape index (κ3) is 3.51. The van der Waals surface area contributed by atoms with Crippen LogP contribution in [0.4, 0.5) is 0 Å². The molecular formula is C10H11ClN2O3. The standard InChI is InChI=1S/C10H11ClN2O3/c1-6(14)13-9(10(15)16)4-7-2-3-12-5-8(7)11/h2-3,5,9H,4H2,1H3,(H,13,14)(H,15,16). The van der Waals surface area contributed by atoms with Crippen LogP contribution in [0.15, 0.2) is 18.5 Å². The summed E-state index contributed by atoms with van der Waals surface area (Å²) in [5, 5.41) is 11.6. The number of pyridine rings is 1. The Balaban J connectivity index is 2.80. The van der Waals surface area contributed by atoms with Gasteiger partial charge in [-0.3, -0.25) is 9.78 Å². The number of carbonyl (C=O) groups is 2. The lowest BCUT2D eigenvalue weighted by atomic mass is 10.1. The van der Waals surface area contributed by atoms with Crippen molar-refractivity contribution in [2.45, 2.75) is 19.4 Å². The molecule has 2 N–H and O–H groups in total. The Hall–Kier alpha value is -1.62. The minimum Gasteiger partial charge on any atom is -0.480 e. The Morgan fingerprint density at radius 2 is 2.31 bits per heavy atom. The Bertz CT molecular complexity index is 409. The van der Waals surface area contributed by atoms with Crippen LogP contribution >= 0.6 is 11.6 Å². The number of amides is 1. The second kappa shape index (κ2) is 5.46. The van der Waals surface area contributed by atoms with Gasteiger partial charge in [-0.2, -0.15) is 0 Å². The Morgan fingerprint density at radius 1 is 1.62 bits per heavy atom. The number of halogens is 1. The minimum absolute atomic E-state index is 0.135. The highest BCUT2D eigenvalue weighted by Crippen LogP contribution is 2.15. The Kier molecular flexibility index (Phi) is 4.25. The maximum atomic E-state index is 10.9. The van der Waals surface area contributed by atoms with Gasteiger partial charge in [-0.15, -0.1) is 0 Å². The van der Waals surface area contributed by atoms with Crippen molar-refractivity contribution in [2.24, 2.45) is 0 Å². The van der Waals surface area contributed by atoms with E-state index in [0.29, 0.717) is 10.6 Å². The fraction of sp³-hybridized carbons (Fsp3) is 0.300. The lowest BCUT2D eigenvalue weighted by Crippen LogP contribution is -2.41. The summed E-state index contributed by atoms with van der Waals surface area (Å²) < 4.78 is 0. The highest BCUT2D eigenvalue weighted by atomic mass is 35.5. The zero-order chi connectivity index (χ0) is 12.1. The maximum Gasteiger partial charge on any atom is 0.326 e. The van der Waals surface area contributed by atoms with Gasteiger partial charge in [0.25, 0.3) is 0 Å². The average Bonchev–Trinajstić information content (AvgIpc) is 2.19. The zero-order valence-corrected chi connectivity index (χ0v) is 9.36. The SMILES string of the molecule is CC(=O)NC(Cc1ccncc1Cl)C(=O)O. The van der Waals surface area contributed by atoms with E-state index in [-0.39, 0.29) is 6.42 Å². The first-order valence-corrected chi connectivity index (χ1v) is 4.97. The van der Waals surface area contributed by atoms with Crippen molar-refractivity contribution in [2.75, 3.05) is 0 Å². The minimum atomic E-state index is -1.09. The second-order valence-corrected chi connectivity index (χ2v) is 3.67. The van der Waals surface area contributed by atoms with E-state index in [9.17, 15) is 9.59 Å². The average molecular weight is 243 g/mol. The molecule has 1 rings (SSSR count). The number of rotatable bonds is 4. The molecule has 0 aliphatic heterocycles. The van der Waals surface area contributed by atoms with Crippen molar-refractivity contribution >= 4 is 23.5 Å². The number of nitrogens with zero attached hydrogens (tertiary/aromatic N) is 1. The third-order valence-electron chi connectivity index (χ3n) is 1.96. The van der Waals surface area contributed by atoms with Crippen molar-refractivity contribution in [3.8, 4) is 0 Å². The quantitative estimate of drug-likeness (QED) is 0.821. The van der Waals surface area contributed by atoms with E-state index < -0.39 is 17.9 Å². The van der Waals surface area contributed by atoms with Crippen LogP contribution in [-0.2, 0) is 16.0 Å². The topological polar surface area (TPSA) is 79.3 Å². The van der Waals surface area contributed by atoms with Gasteiger partial charge in [0.05, 0.1) is 5.02 Å². The van der Waals surface area contributed by atoms with Crippen LogP contribution in [0.3, 0.4) is 0 Å². The van der Waals surface area contributed by atoms with Gasteiger partial charge in [-0.1, -0.05) is 11.6 Å². The van der Waals surface area contributed by atoms with Crippen LogP contribution in [0.2, 0.25) is 5.02 Å². The third-order valence-corrected chi connectivity index (χ3v) is 2.30. The predicted molar refractivity (Wildman–Crippen MR) is 58.2 cm³/mol.